The molecule has 0 radical (unpaired) electrons. The Kier molecular flexibility index (Phi) is 10.7. The molecule has 0 aromatic heterocycles. The van der Waals surface area contributed by atoms with Gasteiger partial charge in [-0.15, -0.1) is 0 Å². The second kappa shape index (κ2) is 13.1. The predicted octanol–water partition coefficient (Wildman–Crippen LogP) is 7.32. The van der Waals surface area contributed by atoms with Crippen LogP contribution in [0.25, 0.3) is 0 Å². The van der Waals surface area contributed by atoms with Crippen LogP contribution in [0, 0.1) is 5.92 Å². The van der Waals surface area contributed by atoms with Crippen molar-refractivity contribution in [1.82, 2.24) is 9.80 Å². The van der Waals surface area contributed by atoms with Crippen molar-refractivity contribution in [2.45, 2.75) is 137 Å². The van der Waals surface area contributed by atoms with E-state index in [-0.39, 0.29) is 30.5 Å². The molecule has 8 nitrogen and oxygen atoms in total. The minimum atomic E-state index is -0.465. The van der Waals surface area contributed by atoms with Crippen LogP contribution in [0.5, 0.6) is 0 Å². The molecule has 232 valence electrons. The number of hydrogen-bond acceptors (Lipinski definition) is 6. The summed E-state index contributed by atoms with van der Waals surface area (Å²) in [5.74, 6) is 0.787. The van der Waals surface area contributed by atoms with Gasteiger partial charge in [0.2, 0.25) is 0 Å². The van der Waals surface area contributed by atoms with Gasteiger partial charge >= 0.3 is 19.3 Å². The molecule has 2 fully saturated rings. The number of nitrogens with zero attached hydrogens (tertiary/aromatic N) is 2. The summed E-state index contributed by atoms with van der Waals surface area (Å²) in [5, 5.41) is 0. The van der Waals surface area contributed by atoms with Gasteiger partial charge in [-0.1, -0.05) is 37.0 Å². The van der Waals surface area contributed by atoms with Crippen LogP contribution in [0.15, 0.2) is 23.2 Å². The Balaban J connectivity index is 0.000000228. The summed E-state index contributed by atoms with van der Waals surface area (Å²) in [6.45, 7) is 22.3. The number of carbonyl (C=O) groups excluding carboxylic acids is 2. The molecule has 1 saturated heterocycles. The van der Waals surface area contributed by atoms with E-state index in [0.717, 1.165) is 37.3 Å². The standard InChI is InChI=1S/C16H28BNO4.C16H27NO2/c1-14(2,3)20-13(19)18-10-8-12(9-11-18)17-21-15(4,5)16(6,7)22-17;1-16(2,3)19-15(18)17-11-9-14(10-12-17)13-7-5-4-6-8-13/h8H,9-11H2,1-7H3;9,13H,4-8,10-12H2,1-3H3. The lowest BCUT2D eigenvalue weighted by Crippen LogP contribution is -2.41. The van der Waals surface area contributed by atoms with E-state index >= 15 is 0 Å². The first-order valence-electron chi connectivity index (χ1n) is 15.6. The van der Waals surface area contributed by atoms with Crippen molar-refractivity contribution in [3.8, 4) is 0 Å². The van der Waals surface area contributed by atoms with Crippen LogP contribution < -0.4 is 0 Å². The molecular formula is C32H55BN2O6. The summed E-state index contributed by atoms with van der Waals surface area (Å²) < 4.78 is 22.9. The molecular weight excluding hydrogens is 519 g/mol. The smallest absolute Gasteiger partial charge is 0.444 e. The lowest BCUT2D eigenvalue weighted by Gasteiger charge is -2.32. The zero-order valence-electron chi connectivity index (χ0n) is 27.4. The van der Waals surface area contributed by atoms with Crippen LogP contribution in [0.4, 0.5) is 9.59 Å². The summed E-state index contributed by atoms with van der Waals surface area (Å²) in [5.41, 5.74) is 1.16. The Morgan fingerprint density at radius 3 is 1.63 bits per heavy atom. The Morgan fingerprint density at radius 1 is 0.780 bits per heavy atom. The molecule has 2 amide bonds. The van der Waals surface area contributed by atoms with E-state index in [4.69, 9.17) is 18.8 Å². The number of amides is 2. The molecule has 1 saturated carbocycles. The Hall–Kier alpha value is -2.00. The SMILES string of the molecule is CC(C)(C)OC(=O)N1CC=C(B2OC(C)(C)C(C)(C)O2)CC1.CC(C)(C)OC(=O)N1CC=C(C2CCCCC2)CC1. The van der Waals surface area contributed by atoms with Gasteiger partial charge in [-0.2, -0.15) is 0 Å². The maximum Gasteiger partial charge on any atom is 0.490 e. The summed E-state index contributed by atoms with van der Waals surface area (Å²) in [7, 11) is -0.314. The lowest BCUT2D eigenvalue weighted by atomic mass is 9.75. The van der Waals surface area contributed by atoms with E-state index in [9.17, 15) is 9.59 Å². The molecule has 4 aliphatic rings. The highest BCUT2D eigenvalue weighted by Crippen LogP contribution is 2.39. The molecule has 0 aromatic rings. The monoisotopic (exact) mass is 574 g/mol. The average molecular weight is 575 g/mol. The lowest BCUT2D eigenvalue weighted by molar-refractivity contribution is 0.00578. The van der Waals surface area contributed by atoms with Gasteiger partial charge in [-0.25, -0.2) is 9.59 Å². The van der Waals surface area contributed by atoms with E-state index < -0.39 is 11.2 Å². The largest absolute Gasteiger partial charge is 0.490 e. The quantitative estimate of drug-likeness (QED) is 0.254. The fraction of sp³-hybridized carbons (Fsp3) is 0.812. The topological polar surface area (TPSA) is 77.5 Å². The molecule has 0 spiro atoms. The van der Waals surface area contributed by atoms with Crippen LogP contribution >= 0.6 is 0 Å². The highest BCUT2D eigenvalue weighted by Gasteiger charge is 2.52. The van der Waals surface area contributed by atoms with E-state index in [1.165, 1.54) is 32.1 Å². The summed E-state index contributed by atoms with van der Waals surface area (Å²) >= 11 is 0. The highest BCUT2D eigenvalue weighted by atomic mass is 16.7. The summed E-state index contributed by atoms with van der Waals surface area (Å²) in [4.78, 5) is 27.6. The van der Waals surface area contributed by atoms with Crippen LogP contribution in [0.1, 0.15) is 114 Å². The maximum atomic E-state index is 12.1. The van der Waals surface area contributed by atoms with E-state index in [0.29, 0.717) is 13.1 Å². The highest BCUT2D eigenvalue weighted by molar-refractivity contribution is 6.54. The fourth-order valence-electron chi connectivity index (χ4n) is 5.41. The van der Waals surface area contributed by atoms with Gasteiger partial charge in [0, 0.05) is 26.2 Å². The average Bonchev–Trinajstić information content (AvgIpc) is 3.09. The molecule has 3 heterocycles. The first kappa shape index (κ1) is 33.5. The van der Waals surface area contributed by atoms with Gasteiger partial charge in [0.1, 0.15) is 11.2 Å². The van der Waals surface area contributed by atoms with Crippen molar-refractivity contribution >= 4 is 19.3 Å². The Labute approximate surface area is 249 Å². The van der Waals surface area contributed by atoms with Crippen LogP contribution in [-0.4, -0.2) is 77.7 Å². The third-order valence-electron chi connectivity index (χ3n) is 8.48. The van der Waals surface area contributed by atoms with Crippen molar-refractivity contribution < 1.29 is 28.4 Å². The van der Waals surface area contributed by atoms with Crippen molar-refractivity contribution in [3.05, 3.63) is 23.2 Å². The van der Waals surface area contributed by atoms with E-state index in [2.05, 4.69) is 6.08 Å². The van der Waals surface area contributed by atoms with Gasteiger partial charge in [0.05, 0.1) is 11.2 Å². The van der Waals surface area contributed by atoms with Crippen molar-refractivity contribution in [1.29, 1.82) is 0 Å². The number of carbonyl (C=O) groups is 2. The van der Waals surface area contributed by atoms with Gasteiger partial charge in [0.25, 0.3) is 0 Å². The minimum Gasteiger partial charge on any atom is -0.444 e. The molecule has 0 atom stereocenters. The molecule has 4 rings (SSSR count). The third-order valence-corrected chi connectivity index (χ3v) is 8.48. The van der Waals surface area contributed by atoms with Gasteiger partial charge < -0.3 is 28.6 Å². The number of hydrogen-bond donors (Lipinski definition) is 0. The molecule has 0 bridgehead atoms. The van der Waals surface area contributed by atoms with Gasteiger partial charge in [-0.3, -0.25) is 0 Å². The zero-order chi connectivity index (χ0) is 30.6. The molecule has 0 aromatic carbocycles. The van der Waals surface area contributed by atoms with Crippen LogP contribution in [-0.2, 0) is 18.8 Å². The summed E-state index contributed by atoms with van der Waals surface area (Å²) in [6, 6.07) is 0. The molecule has 1 aliphatic carbocycles. The molecule has 3 aliphatic heterocycles. The van der Waals surface area contributed by atoms with Crippen molar-refractivity contribution in [2.24, 2.45) is 5.92 Å². The normalized spacial score (nSPS) is 23.2. The number of rotatable bonds is 2. The predicted molar refractivity (Wildman–Crippen MR) is 164 cm³/mol. The van der Waals surface area contributed by atoms with Gasteiger partial charge in [-0.05, 0) is 106 Å². The third kappa shape index (κ3) is 9.77. The molecule has 9 heteroatoms. The van der Waals surface area contributed by atoms with Gasteiger partial charge in [0.15, 0.2) is 0 Å². The van der Waals surface area contributed by atoms with E-state index in [1.54, 1.807) is 10.5 Å². The second-order valence-electron chi connectivity index (χ2n) is 14.8. The Morgan fingerprint density at radius 2 is 1.24 bits per heavy atom. The molecule has 0 N–H and O–H groups in total. The maximum absolute atomic E-state index is 12.1. The van der Waals surface area contributed by atoms with Crippen LogP contribution in [0.2, 0.25) is 0 Å². The zero-order valence-corrected chi connectivity index (χ0v) is 27.4. The second-order valence-corrected chi connectivity index (χ2v) is 14.8. The van der Waals surface area contributed by atoms with Crippen LogP contribution in [0.3, 0.4) is 0 Å². The van der Waals surface area contributed by atoms with Crippen molar-refractivity contribution in [3.63, 3.8) is 0 Å². The first-order chi connectivity index (χ1) is 18.9. The van der Waals surface area contributed by atoms with Crippen molar-refractivity contribution in [2.75, 3.05) is 26.2 Å². The molecule has 41 heavy (non-hydrogen) atoms. The first-order valence-corrected chi connectivity index (χ1v) is 15.6. The molecule has 0 unspecified atom stereocenters. The Bertz CT molecular complexity index is 969. The summed E-state index contributed by atoms with van der Waals surface area (Å²) in [6.07, 6.45) is 12.5. The van der Waals surface area contributed by atoms with E-state index in [1.807, 2.05) is 80.2 Å². The minimum absolute atomic E-state index is 0.175. The fourth-order valence-corrected chi connectivity index (χ4v) is 5.41. The number of ether oxygens (including phenoxy) is 2.